The van der Waals surface area contributed by atoms with E-state index >= 15 is 0 Å². The molecule has 10 heteroatoms. The van der Waals surface area contributed by atoms with Crippen molar-refractivity contribution in [2.45, 2.75) is 20.0 Å². The first kappa shape index (κ1) is 23.9. The summed E-state index contributed by atoms with van der Waals surface area (Å²) in [6.07, 6.45) is 0. The van der Waals surface area contributed by atoms with Gasteiger partial charge < -0.3 is 19.5 Å². The summed E-state index contributed by atoms with van der Waals surface area (Å²) in [4.78, 5) is 52.1. The van der Waals surface area contributed by atoms with E-state index in [9.17, 15) is 19.2 Å². The standard InChI is InChI=1S/C27H23N3O7/c1-2-35-26(33)18-7-3-5-9-20(18)28-24(31)15-29-21-10-6-4-8-19(21)25(32)30(27(29)34)14-17-11-12-22-23(13-17)37-16-36-22/h3-13H,2,14-16H2,1H3,(H,28,31). The summed E-state index contributed by atoms with van der Waals surface area (Å²) in [7, 11) is 0. The van der Waals surface area contributed by atoms with Gasteiger partial charge >= 0.3 is 11.7 Å². The number of aromatic nitrogens is 2. The Morgan fingerprint density at radius 1 is 0.946 bits per heavy atom. The zero-order valence-corrected chi connectivity index (χ0v) is 19.9. The number of hydrogen-bond donors (Lipinski definition) is 1. The predicted molar refractivity (Wildman–Crippen MR) is 135 cm³/mol. The number of nitrogens with zero attached hydrogens (tertiary/aromatic N) is 2. The number of fused-ring (bicyclic) bond motifs is 2. The number of carbonyl (C=O) groups excluding carboxylic acids is 2. The Labute approximate surface area is 210 Å². The van der Waals surface area contributed by atoms with Crippen molar-refractivity contribution in [3.05, 3.63) is 98.7 Å². The van der Waals surface area contributed by atoms with E-state index < -0.39 is 23.1 Å². The van der Waals surface area contributed by atoms with Gasteiger partial charge in [0.25, 0.3) is 5.56 Å². The number of amides is 1. The predicted octanol–water partition coefficient (Wildman–Crippen LogP) is 2.76. The fourth-order valence-corrected chi connectivity index (χ4v) is 4.20. The van der Waals surface area contributed by atoms with Crippen LogP contribution in [-0.4, -0.2) is 34.4 Å². The minimum absolute atomic E-state index is 0.0214. The highest BCUT2D eigenvalue weighted by Gasteiger charge is 2.19. The van der Waals surface area contributed by atoms with Gasteiger partial charge in [-0.3, -0.25) is 18.7 Å². The molecule has 0 spiro atoms. The summed E-state index contributed by atoms with van der Waals surface area (Å²) >= 11 is 0. The summed E-state index contributed by atoms with van der Waals surface area (Å²) < 4.78 is 18.1. The normalized spacial score (nSPS) is 11.9. The molecule has 1 aliphatic heterocycles. The van der Waals surface area contributed by atoms with Gasteiger partial charge in [-0.2, -0.15) is 0 Å². The van der Waals surface area contributed by atoms with Crippen molar-refractivity contribution in [2.24, 2.45) is 0 Å². The van der Waals surface area contributed by atoms with Crippen LogP contribution >= 0.6 is 0 Å². The topological polar surface area (TPSA) is 118 Å². The Kier molecular flexibility index (Phi) is 6.46. The lowest BCUT2D eigenvalue weighted by Crippen LogP contribution is -2.42. The Bertz CT molecular complexity index is 1640. The molecule has 0 bridgehead atoms. The highest BCUT2D eigenvalue weighted by atomic mass is 16.7. The number of ether oxygens (including phenoxy) is 3. The minimum Gasteiger partial charge on any atom is -0.462 e. The van der Waals surface area contributed by atoms with Crippen LogP contribution in [0.4, 0.5) is 5.69 Å². The Morgan fingerprint density at radius 3 is 2.54 bits per heavy atom. The molecule has 1 amide bonds. The highest BCUT2D eigenvalue weighted by molar-refractivity contribution is 6.01. The minimum atomic E-state index is -0.643. The number of rotatable bonds is 7. The van der Waals surface area contributed by atoms with Crippen LogP contribution in [-0.2, 0) is 22.6 Å². The van der Waals surface area contributed by atoms with E-state index in [1.807, 2.05) is 0 Å². The molecule has 37 heavy (non-hydrogen) atoms. The first-order valence-electron chi connectivity index (χ1n) is 11.6. The highest BCUT2D eigenvalue weighted by Crippen LogP contribution is 2.32. The van der Waals surface area contributed by atoms with Gasteiger partial charge in [0, 0.05) is 0 Å². The Balaban J connectivity index is 1.50. The third-order valence-corrected chi connectivity index (χ3v) is 5.91. The number of anilines is 1. The molecule has 0 radical (unpaired) electrons. The van der Waals surface area contributed by atoms with E-state index in [1.54, 1.807) is 73.7 Å². The number of hydrogen-bond acceptors (Lipinski definition) is 7. The van der Waals surface area contributed by atoms with Crippen molar-refractivity contribution < 1.29 is 23.8 Å². The third kappa shape index (κ3) is 4.68. The number of nitrogens with one attached hydrogen (secondary N) is 1. The zero-order valence-electron chi connectivity index (χ0n) is 19.9. The van der Waals surface area contributed by atoms with Gasteiger partial charge in [-0.05, 0) is 48.9 Å². The van der Waals surface area contributed by atoms with Crippen LogP contribution in [0.5, 0.6) is 11.5 Å². The van der Waals surface area contributed by atoms with Crippen molar-refractivity contribution in [3.8, 4) is 11.5 Å². The fraction of sp³-hybridized carbons (Fsp3) is 0.185. The van der Waals surface area contributed by atoms with Crippen LogP contribution in [0, 0.1) is 0 Å². The first-order valence-corrected chi connectivity index (χ1v) is 11.6. The van der Waals surface area contributed by atoms with Crippen LogP contribution in [0.1, 0.15) is 22.8 Å². The summed E-state index contributed by atoms with van der Waals surface area (Å²) in [5.74, 6) is 0.00803. The van der Waals surface area contributed by atoms with Crippen molar-refractivity contribution in [2.75, 3.05) is 18.7 Å². The van der Waals surface area contributed by atoms with Crippen molar-refractivity contribution in [1.29, 1.82) is 0 Å². The largest absolute Gasteiger partial charge is 0.462 e. The molecule has 0 saturated carbocycles. The van der Waals surface area contributed by atoms with Gasteiger partial charge in [-0.25, -0.2) is 9.59 Å². The average Bonchev–Trinajstić information content (AvgIpc) is 3.37. The molecule has 10 nitrogen and oxygen atoms in total. The molecule has 5 rings (SSSR count). The number of para-hydroxylation sites is 2. The molecule has 0 aliphatic carbocycles. The maximum absolute atomic E-state index is 13.5. The second kappa shape index (κ2) is 10.0. The zero-order chi connectivity index (χ0) is 25.9. The maximum Gasteiger partial charge on any atom is 0.340 e. The van der Waals surface area contributed by atoms with E-state index in [0.717, 1.165) is 4.57 Å². The molecular weight excluding hydrogens is 478 g/mol. The lowest BCUT2D eigenvalue weighted by atomic mass is 10.1. The fourth-order valence-electron chi connectivity index (χ4n) is 4.20. The van der Waals surface area contributed by atoms with Crippen molar-refractivity contribution in [3.63, 3.8) is 0 Å². The van der Waals surface area contributed by atoms with Crippen LogP contribution < -0.4 is 26.0 Å². The van der Waals surface area contributed by atoms with Crippen LogP contribution in [0.15, 0.2) is 76.3 Å². The SMILES string of the molecule is CCOC(=O)c1ccccc1NC(=O)Cn1c(=O)n(Cc2ccc3c(c2)OCO3)c(=O)c2ccccc21. The summed E-state index contributed by atoms with van der Waals surface area (Å²) in [6, 6.07) is 18.2. The Morgan fingerprint density at radius 2 is 1.70 bits per heavy atom. The smallest absolute Gasteiger partial charge is 0.340 e. The summed E-state index contributed by atoms with van der Waals surface area (Å²) in [5, 5.41) is 2.98. The maximum atomic E-state index is 13.5. The van der Waals surface area contributed by atoms with Gasteiger partial charge in [0.05, 0.1) is 35.3 Å². The molecule has 188 valence electrons. The average molecular weight is 501 g/mol. The van der Waals surface area contributed by atoms with E-state index in [2.05, 4.69) is 5.32 Å². The van der Waals surface area contributed by atoms with Gasteiger partial charge in [0.15, 0.2) is 11.5 Å². The van der Waals surface area contributed by atoms with Crippen molar-refractivity contribution in [1.82, 2.24) is 9.13 Å². The molecular formula is C27H23N3O7. The monoisotopic (exact) mass is 501 g/mol. The summed E-state index contributed by atoms with van der Waals surface area (Å²) in [5.41, 5.74) is 0.337. The molecule has 0 atom stereocenters. The second-order valence-corrected chi connectivity index (χ2v) is 8.28. The first-order chi connectivity index (χ1) is 18.0. The summed E-state index contributed by atoms with van der Waals surface area (Å²) in [6.45, 7) is 1.59. The molecule has 0 fully saturated rings. The molecule has 1 N–H and O–H groups in total. The number of benzene rings is 3. The number of carbonyl (C=O) groups is 2. The lowest BCUT2D eigenvalue weighted by Gasteiger charge is -2.15. The molecule has 4 aromatic rings. The van der Waals surface area contributed by atoms with Crippen molar-refractivity contribution >= 4 is 28.5 Å². The van der Waals surface area contributed by atoms with Gasteiger partial charge in [0.2, 0.25) is 12.7 Å². The lowest BCUT2D eigenvalue weighted by molar-refractivity contribution is -0.116. The van der Waals surface area contributed by atoms with Crippen LogP contribution in [0.2, 0.25) is 0 Å². The van der Waals surface area contributed by atoms with Crippen LogP contribution in [0.3, 0.4) is 0 Å². The molecule has 1 aromatic heterocycles. The quantitative estimate of drug-likeness (QED) is 0.387. The van der Waals surface area contributed by atoms with Crippen LogP contribution in [0.25, 0.3) is 10.9 Å². The van der Waals surface area contributed by atoms with E-state index in [1.165, 1.54) is 4.57 Å². The Hall–Kier alpha value is -4.86. The van der Waals surface area contributed by atoms with E-state index in [-0.39, 0.29) is 37.7 Å². The van der Waals surface area contributed by atoms with E-state index in [0.29, 0.717) is 28.0 Å². The molecule has 2 heterocycles. The van der Waals surface area contributed by atoms with Gasteiger partial charge in [0.1, 0.15) is 6.54 Å². The van der Waals surface area contributed by atoms with E-state index in [4.69, 9.17) is 14.2 Å². The second-order valence-electron chi connectivity index (χ2n) is 8.28. The molecule has 0 saturated heterocycles. The van der Waals surface area contributed by atoms with Gasteiger partial charge in [-0.15, -0.1) is 0 Å². The third-order valence-electron chi connectivity index (χ3n) is 5.91. The molecule has 3 aromatic carbocycles. The molecule has 0 unspecified atom stereocenters. The number of esters is 1. The van der Waals surface area contributed by atoms with Gasteiger partial charge in [-0.1, -0.05) is 30.3 Å². The molecule has 1 aliphatic rings.